The molecule has 2 aromatic rings. The zero-order valence-corrected chi connectivity index (χ0v) is 12.3. The number of carboxylic acid groups (broad SMARTS) is 1. The van der Waals surface area contributed by atoms with Crippen LogP contribution in [0.25, 0.3) is 0 Å². The van der Waals surface area contributed by atoms with Crippen LogP contribution in [0.15, 0.2) is 38.5 Å². The molecule has 1 aliphatic rings. The Balaban J connectivity index is 1.68. The molecule has 22 heavy (non-hydrogen) atoms. The van der Waals surface area contributed by atoms with Gasteiger partial charge < -0.3 is 14.0 Å². The molecule has 0 atom stereocenters. The Kier molecular flexibility index (Phi) is 3.75. The van der Waals surface area contributed by atoms with E-state index < -0.39 is 16.0 Å². The number of sulfonamides is 1. The van der Waals surface area contributed by atoms with Crippen LogP contribution in [-0.4, -0.2) is 42.0 Å². The minimum absolute atomic E-state index is 0.00681. The molecular weight excluding hydrogens is 312 g/mol. The van der Waals surface area contributed by atoms with E-state index in [4.69, 9.17) is 14.0 Å². The van der Waals surface area contributed by atoms with Crippen molar-refractivity contribution in [2.24, 2.45) is 0 Å². The van der Waals surface area contributed by atoms with Crippen LogP contribution in [0.2, 0.25) is 0 Å². The molecular formula is C13H14N2O6S. The highest BCUT2D eigenvalue weighted by molar-refractivity contribution is 7.89. The van der Waals surface area contributed by atoms with E-state index in [1.165, 1.54) is 29.0 Å². The Morgan fingerprint density at radius 1 is 1.36 bits per heavy atom. The van der Waals surface area contributed by atoms with Crippen LogP contribution in [-0.2, 0) is 10.0 Å². The monoisotopic (exact) mass is 326 g/mol. The molecule has 0 spiro atoms. The van der Waals surface area contributed by atoms with Gasteiger partial charge in [-0.3, -0.25) is 0 Å². The van der Waals surface area contributed by atoms with Gasteiger partial charge in [0, 0.05) is 25.1 Å². The maximum absolute atomic E-state index is 12.3. The summed E-state index contributed by atoms with van der Waals surface area (Å²) < 4.78 is 35.6. The highest BCUT2D eigenvalue weighted by Crippen LogP contribution is 2.30. The first-order valence-corrected chi connectivity index (χ1v) is 8.15. The van der Waals surface area contributed by atoms with Crippen LogP contribution in [0.4, 0.5) is 0 Å². The van der Waals surface area contributed by atoms with Crippen molar-refractivity contribution in [3.05, 3.63) is 36.1 Å². The minimum atomic E-state index is -3.53. The second kappa shape index (κ2) is 5.58. The Hall–Kier alpha value is -2.13. The second-order valence-corrected chi connectivity index (χ2v) is 7.00. The maximum atomic E-state index is 12.3. The van der Waals surface area contributed by atoms with E-state index in [9.17, 15) is 13.2 Å². The van der Waals surface area contributed by atoms with Gasteiger partial charge in [-0.15, -0.1) is 0 Å². The van der Waals surface area contributed by atoms with Gasteiger partial charge >= 0.3 is 5.97 Å². The van der Waals surface area contributed by atoms with E-state index in [0.717, 1.165) is 0 Å². The Bertz CT molecular complexity index is 756. The maximum Gasteiger partial charge on any atom is 0.374 e. The predicted octanol–water partition coefficient (Wildman–Crippen LogP) is 1.53. The van der Waals surface area contributed by atoms with Gasteiger partial charge in [0.1, 0.15) is 11.2 Å². The summed E-state index contributed by atoms with van der Waals surface area (Å²) in [5, 5.41) is 12.6. The predicted molar refractivity (Wildman–Crippen MR) is 72.9 cm³/mol. The molecule has 2 aromatic heterocycles. The van der Waals surface area contributed by atoms with Crippen molar-refractivity contribution in [2.75, 3.05) is 13.1 Å². The second-order valence-electron chi connectivity index (χ2n) is 5.06. The number of hydrogen-bond acceptors (Lipinski definition) is 6. The molecule has 0 bridgehead atoms. The smallest absolute Gasteiger partial charge is 0.374 e. The molecule has 9 heteroatoms. The summed E-state index contributed by atoms with van der Waals surface area (Å²) in [5.41, 5.74) is 0.553. The molecule has 0 aromatic carbocycles. The van der Waals surface area contributed by atoms with Crippen molar-refractivity contribution in [3.63, 3.8) is 0 Å². The van der Waals surface area contributed by atoms with Gasteiger partial charge in [0.2, 0.25) is 15.8 Å². The lowest BCUT2D eigenvalue weighted by molar-refractivity contribution is 0.0651. The topological polar surface area (TPSA) is 114 Å². The van der Waals surface area contributed by atoms with Crippen LogP contribution in [0.5, 0.6) is 0 Å². The van der Waals surface area contributed by atoms with Gasteiger partial charge in [-0.25, -0.2) is 13.2 Å². The van der Waals surface area contributed by atoms with Gasteiger partial charge in [-0.05, 0) is 18.9 Å². The van der Waals surface area contributed by atoms with E-state index in [1.807, 2.05) is 0 Å². The summed E-state index contributed by atoms with van der Waals surface area (Å²) in [6.45, 7) is 0.681. The molecule has 118 valence electrons. The molecule has 1 saturated heterocycles. The summed E-state index contributed by atoms with van der Waals surface area (Å²) in [6, 6.07) is 2.81. The van der Waals surface area contributed by atoms with Crippen molar-refractivity contribution < 1.29 is 27.3 Å². The Morgan fingerprint density at radius 2 is 2.09 bits per heavy atom. The number of aromatic nitrogens is 1. The van der Waals surface area contributed by atoms with Crippen molar-refractivity contribution in [2.45, 2.75) is 23.7 Å². The van der Waals surface area contributed by atoms with E-state index in [0.29, 0.717) is 31.6 Å². The SMILES string of the molecule is O=C(O)c1cc(C2CCN(S(=O)(=O)c3ccoc3)CC2)no1. The Morgan fingerprint density at radius 3 is 2.64 bits per heavy atom. The molecule has 0 unspecified atom stereocenters. The molecule has 0 saturated carbocycles. The highest BCUT2D eigenvalue weighted by Gasteiger charge is 2.32. The average Bonchev–Trinajstić information content (AvgIpc) is 3.19. The number of piperidine rings is 1. The zero-order chi connectivity index (χ0) is 15.7. The number of hydrogen-bond donors (Lipinski definition) is 1. The lowest BCUT2D eigenvalue weighted by Crippen LogP contribution is -2.37. The first-order valence-electron chi connectivity index (χ1n) is 6.71. The number of carboxylic acids is 1. The molecule has 1 aliphatic heterocycles. The summed E-state index contributed by atoms with van der Waals surface area (Å²) in [4.78, 5) is 10.9. The third-order valence-corrected chi connectivity index (χ3v) is 5.62. The molecule has 0 radical (unpaired) electrons. The molecule has 3 heterocycles. The van der Waals surface area contributed by atoms with Crippen molar-refractivity contribution in [3.8, 4) is 0 Å². The third kappa shape index (κ3) is 2.64. The van der Waals surface area contributed by atoms with E-state index in [2.05, 4.69) is 5.16 Å². The third-order valence-electron chi connectivity index (χ3n) is 3.74. The molecule has 0 aliphatic carbocycles. The summed E-state index contributed by atoms with van der Waals surface area (Å²) >= 11 is 0. The Labute approximate surface area is 126 Å². The van der Waals surface area contributed by atoms with Gasteiger partial charge in [0.05, 0.1) is 12.0 Å². The number of rotatable bonds is 4. The van der Waals surface area contributed by atoms with Crippen LogP contribution >= 0.6 is 0 Å². The molecule has 1 N–H and O–H groups in total. The van der Waals surface area contributed by atoms with Crippen molar-refractivity contribution >= 4 is 16.0 Å². The van der Waals surface area contributed by atoms with Crippen LogP contribution in [0.3, 0.4) is 0 Å². The first kappa shape index (κ1) is 14.8. The highest BCUT2D eigenvalue weighted by atomic mass is 32.2. The summed E-state index contributed by atoms with van der Waals surface area (Å²) in [7, 11) is -3.53. The average molecular weight is 326 g/mol. The van der Waals surface area contributed by atoms with E-state index in [1.54, 1.807) is 0 Å². The summed E-state index contributed by atoms with van der Waals surface area (Å²) in [6.07, 6.45) is 3.64. The fraction of sp³-hybridized carbons (Fsp3) is 0.385. The van der Waals surface area contributed by atoms with Gasteiger partial charge in [0.15, 0.2) is 0 Å². The van der Waals surface area contributed by atoms with Gasteiger partial charge in [0.25, 0.3) is 0 Å². The molecule has 0 amide bonds. The lowest BCUT2D eigenvalue weighted by Gasteiger charge is -2.29. The quantitative estimate of drug-likeness (QED) is 0.906. The van der Waals surface area contributed by atoms with Crippen molar-refractivity contribution in [1.29, 1.82) is 0 Å². The lowest BCUT2D eigenvalue weighted by atomic mass is 9.94. The molecule has 1 fully saturated rings. The fourth-order valence-electron chi connectivity index (χ4n) is 2.52. The van der Waals surface area contributed by atoms with Gasteiger partial charge in [-0.2, -0.15) is 4.31 Å². The number of nitrogens with zero attached hydrogens (tertiary/aromatic N) is 2. The fourth-order valence-corrected chi connectivity index (χ4v) is 3.92. The number of aromatic carboxylic acids is 1. The minimum Gasteiger partial charge on any atom is -0.475 e. The molecule has 8 nitrogen and oxygen atoms in total. The van der Waals surface area contributed by atoms with Crippen LogP contribution in [0, 0.1) is 0 Å². The number of carbonyl (C=O) groups is 1. The van der Waals surface area contributed by atoms with Crippen LogP contribution < -0.4 is 0 Å². The largest absolute Gasteiger partial charge is 0.475 e. The van der Waals surface area contributed by atoms with Crippen molar-refractivity contribution in [1.82, 2.24) is 9.46 Å². The molecule has 3 rings (SSSR count). The number of furan rings is 1. The van der Waals surface area contributed by atoms with E-state index in [-0.39, 0.29) is 16.6 Å². The normalized spacial score (nSPS) is 17.6. The van der Waals surface area contributed by atoms with Gasteiger partial charge in [-0.1, -0.05) is 5.16 Å². The summed E-state index contributed by atoms with van der Waals surface area (Å²) in [5.74, 6) is -1.38. The van der Waals surface area contributed by atoms with E-state index >= 15 is 0 Å². The first-order chi connectivity index (χ1) is 10.5. The van der Waals surface area contributed by atoms with Crippen LogP contribution in [0.1, 0.15) is 35.0 Å². The zero-order valence-electron chi connectivity index (χ0n) is 11.5. The standard InChI is InChI=1S/C13H14N2O6S/c16-13(17)12-7-11(14-21-12)9-1-4-15(5-2-9)22(18,19)10-3-6-20-8-10/h3,6-9H,1-2,4-5H2,(H,16,17).